The van der Waals surface area contributed by atoms with Crippen LogP contribution in [-0.4, -0.2) is 45.5 Å². The molecule has 0 radical (unpaired) electrons. The van der Waals surface area contributed by atoms with Crippen molar-refractivity contribution >= 4 is 46.9 Å². The van der Waals surface area contributed by atoms with Crippen LogP contribution in [0.4, 0.5) is 0 Å². The van der Waals surface area contributed by atoms with E-state index in [9.17, 15) is 19.2 Å². The molecule has 0 unspecified atom stereocenters. The number of hydrogen-bond donors (Lipinski definition) is 0. The summed E-state index contributed by atoms with van der Waals surface area (Å²) in [5.41, 5.74) is 0.0869. The zero-order valence-corrected chi connectivity index (χ0v) is 18.1. The number of nitrogens with zero attached hydrogens (tertiary/aromatic N) is 2. The van der Waals surface area contributed by atoms with Crippen molar-refractivity contribution in [2.24, 2.45) is 0 Å². The normalized spacial score (nSPS) is 20.1. The fourth-order valence-electron chi connectivity index (χ4n) is 3.67. The molecule has 0 aromatic rings. The molecule has 0 aromatic heterocycles. The average Bonchev–Trinajstić information content (AvgIpc) is 3.22. The molecular weight excluding hydrogens is 396 g/mol. The first-order chi connectivity index (χ1) is 13.4. The van der Waals surface area contributed by atoms with Crippen LogP contribution in [-0.2, 0) is 19.2 Å². The van der Waals surface area contributed by atoms with Crippen LogP contribution >= 0.6 is 23.5 Å². The molecule has 28 heavy (non-hydrogen) atoms. The maximum atomic E-state index is 13.4. The molecule has 150 valence electrons. The molecule has 0 N–H and O–H groups in total. The molecule has 0 spiro atoms. The van der Waals surface area contributed by atoms with Gasteiger partial charge in [0.05, 0.1) is 26.1 Å². The molecular formula is C20H24N2O4S2. The highest BCUT2D eigenvalue weighted by molar-refractivity contribution is 8.29. The van der Waals surface area contributed by atoms with Crippen molar-refractivity contribution < 1.29 is 19.2 Å². The summed E-state index contributed by atoms with van der Waals surface area (Å²) >= 11 is 2.15. The maximum absolute atomic E-state index is 13.4. The Hall–Kier alpha value is -1.80. The van der Waals surface area contributed by atoms with E-state index in [4.69, 9.17) is 0 Å². The van der Waals surface area contributed by atoms with E-state index in [0.29, 0.717) is 14.0 Å². The van der Waals surface area contributed by atoms with E-state index in [1.54, 1.807) is 10.0 Å². The molecule has 0 atom stereocenters. The number of allylic oxidation sites excluding steroid dienone is 4. The third-order valence-corrected chi connectivity index (χ3v) is 7.91. The van der Waals surface area contributed by atoms with Gasteiger partial charge in [0.25, 0.3) is 11.8 Å². The standard InChI is InChI=1S/C20H24N2O4S2/c1-5-11(6-2)21-18(25)15(19(26)22(21)12(7-3)8-4)20-27-16-13(23)9-10-14(24)17(16)28-20/h9-12H,5-8H2,1-4H3. The number of carbonyl (C=O) groups excluding carboxylic acids is 4. The van der Waals surface area contributed by atoms with Crippen molar-refractivity contribution in [2.45, 2.75) is 65.5 Å². The lowest BCUT2D eigenvalue weighted by atomic mass is 10.1. The lowest BCUT2D eigenvalue weighted by Gasteiger charge is -2.38. The second kappa shape index (κ2) is 8.29. The molecule has 0 saturated carbocycles. The average molecular weight is 421 g/mol. The van der Waals surface area contributed by atoms with Crippen LogP contribution in [0, 0.1) is 0 Å². The van der Waals surface area contributed by atoms with Gasteiger partial charge < -0.3 is 0 Å². The van der Waals surface area contributed by atoms with Crippen LogP contribution in [0.3, 0.4) is 0 Å². The smallest absolute Gasteiger partial charge is 0.280 e. The summed E-state index contributed by atoms with van der Waals surface area (Å²) in [7, 11) is 0. The fourth-order valence-corrected chi connectivity index (χ4v) is 6.24. The molecule has 2 amide bonds. The molecule has 3 rings (SSSR count). The Kier molecular flexibility index (Phi) is 6.19. The van der Waals surface area contributed by atoms with Crippen LogP contribution in [0.25, 0.3) is 0 Å². The van der Waals surface area contributed by atoms with Crippen molar-refractivity contribution in [3.8, 4) is 0 Å². The second-order valence-corrected chi connectivity index (χ2v) is 9.13. The number of carbonyl (C=O) groups is 4. The van der Waals surface area contributed by atoms with Crippen LogP contribution in [0.2, 0.25) is 0 Å². The highest BCUT2D eigenvalue weighted by atomic mass is 32.2. The lowest BCUT2D eigenvalue weighted by Crippen LogP contribution is -2.51. The van der Waals surface area contributed by atoms with E-state index in [1.165, 1.54) is 12.2 Å². The molecule has 0 aromatic carbocycles. The van der Waals surface area contributed by atoms with Gasteiger partial charge in [-0.15, -0.1) is 0 Å². The third kappa shape index (κ3) is 3.26. The molecule has 2 heterocycles. The minimum absolute atomic E-state index is 0.0703. The summed E-state index contributed by atoms with van der Waals surface area (Å²) in [6.45, 7) is 8.02. The first-order valence-corrected chi connectivity index (χ1v) is 11.3. The Labute approximate surface area is 173 Å². The van der Waals surface area contributed by atoms with E-state index in [1.807, 2.05) is 27.7 Å². The predicted octanol–water partition coefficient (Wildman–Crippen LogP) is 3.56. The van der Waals surface area contributed by atoms with Crippen molar-refractivity contribution in [1.29, 1.82) is 0 Å². The minimum atomic E-state index is -0.326. The molecule has 1 saturated heterocycles. The minimum Gasteiger partial charge on any atom is -0.289 e. The van der Waals surface area contributed by atoms with Gasteiger partial charge in [0.15, 0.2) is 11.6 Å². The highest BCUT2D eigenvalue weighted by Gasteiger charge is 2.49. The van der Waals surface area contributed by atoms with E-state index < -0.39 is 0 Å². The molecule has 6 nitrogen and oxygen atoms in total. The molecule has 1 aliphatic carbocycles. The van der Waals surface area contributed by atoms with E-state index in [2.05, 4.69) is 0 Å². The van der Waals surface area contributed by atoms with Crippen LogP contribution in [0.5, 0.6) is 0 Å². The Morgan fingerprint density at radius 3 is 1.39 bits per heavy atom. The molecule has 3 aliphatic rings. The summed E-state index contributed by atoms with van der Waals surface area (Å²) in [5.74, 6) is -1.16. The van der Waals surface area contributed by atoms with Gasteiger partial charge in [-0.05, 0) is 37.8 Å². The largest absolute Gasteiger partial charge is 0.289 e. The van der Waals surface area contributed by atoms with Gasteiger partial charge in [-0.3, -0.25) is 19.2 Å². The summed E-state index contributed by atoms with van der Waals surface area (Å²) in [4.78, 5) is 51.6. The van der Waals surface area contributed by atoms with Crippen molar-refractivity contribution in [1.82, 2.24) is 10.0 Å². The molecule has 1 fully saturated rings. The Balaban J connectivity index is 2.04. The molecule has 0 bridgehead atoms. The van der Waals surface area contributed by atoms with Crippen LogP contribution in [0.15, 0.2) is 31.8 Å². The lowest BCUT2D eigenvalue weighted by molar-refractivity contribution is -0.158. The highest BCUT2D eigenvalue weighted by Crippen LogP contribution is 2.53. The van der Waals surface area contributed by atoms with Crippen molar-refractivity contribution in [3.05, 3.63) is 31.8 Å². The van der Waals surface area contributed by atoms with Gasteiger partial charge in [-0.2, -0.15) is 0 Å². The Bertz CT molecular complexity index is 771. The third-order valence-electron chi connectivity index (χ3n) is 5.29. The number of hydrazine groups is 1. The zero-order chi connectivity index (χ0) is 20.6. The summed E-state index contributed by atoms with van der Waals surface area (Å²) in [6, 6.07) is -0.141. The summed E-state index contributed by atoms with van der Waals surface area (Å²) in [6.07, 6.45) is 5.45. The fraction of sp³-hybridized carbons (Fsp3) is 0.500. The maximum Gasteiger partial charge on any atom is 0.280 e. The zero-order valence-electron chi connectivity index (χ0n) is 16.5. The monoisotopic (exact) mass is 420 g/mol. The molecule has 2 aliphatic heterocycles. The Morgan fingerprint density at radius 2 is 1.07 bits per heavy atom. The van der Waals surface area contributed by atoms with E-state index in [-0.39, 0.29) is 41.0 Å². The number of amides is 2. The van der Waals surface area contributed by atoms with Crippen molar-refractivity contribution in [2.75, 3.05) is 0 Å². The second-order valence-electron chi connectivity index (χ2n) is 6.83. The topological polar surface area (TPSA) is 74.8 Å². The van der Waals surface area contributed by atoms with Crippen molar-refractivity contribution in [3.63, 3.8) is 0 Å². The van der Waals surface area contributed by atoms with E-state index in [0.717, 1.165) is 49.2 Å². The van der Waals surface area contributed by atoms with Gasteiger partial charge in [0.1, 0.15) is 5.57 Å². The first-order valence-electron chi connectivity index (χ1n) is 9.67. The van der Waals surface area contributed by atoms with E-state index >= 15 is 0 Å². The SMILES string of the molecule is CCC(CC)N1C(=O)C(=C2SC3=C(S2)C(=O)C=CC3=O)C(=O)N1C(CC)CC. The number of thioether (sulfide) groups is 2. The van der Waals surface area contributed by atoms with Gasteiger partial charge in [-0.25, -0.2) is 10.0 Å². The predicted molar refractivity (Wildman–Crippen MR) is 111 cm³/mol. The first kappa shape index (κ1) is 20.9. The summed E-state index contributed by atoms with van der Waals surface area (Å²) in [5, 5.41) is 3.23. The van der Waals surface area contributed by atoms with Gasteiger partial charge in [0.2, 0.25) is 0 Å². The Morgan fingerprint density at radius 1 is 0.714 bits per heavy atom. The van der Waals surface area contributed by atoms with Crippen LogP contribution in [0.1, 0.15) is 53.4 Å². The van der Waals surface area contributed by atoms with Gasteiger partial charge >= 0.3 is 0 Å². The number of rotatable bonds is 6. The van der Waals surface area contributed by atoms with Gasteiger partial charge in [-0.1, -0.05) is 51.2 Å². The molecule has 8 heteroatoms. The number of ketones is 2. The summed E-state index contributed by atoms with van der Waals surface area (Å²) < 4.78 is 0.440. The van der Waals surface area contributed by atoms with Crippen LogP contribution < -0.4 is 0 Å². The van der Waals surface area contributed by atoms with Gasteiger partial charge in [0, 0.05) is 0 Å². The quantitative estimate of drug-likeness (QED) is 0.372. The number of hydrogen-bond acceptors (Lipinski definition) is 6.